The van der Waals surface area contributed by atoms with Crippen molar-refractivity contribution in [2.75, 3.05) is 13.1 Å². The molecule has 2 rings (SSSR count). The van der Waals surface area contributed by atoms with E-state index < -0.39 is 0 Å². The maximum Gasteiger partial charge on any atom is 0.00696 e. The van der Waals surface area contributed by atoms with Crippen molar-refractivity contribution in [3.63, 3.8) is 0 Å². The zero-order chi connectivity index (χ0) is 10.1. The molecule has 0 aromatic rings. The van der Waals surface area contributed by atoms with E-state index in [0.29, 0.717) is 6.04 Å². The Morgan fingerprint density at radius 3 is 2.50 bits per heavy atom. The van der Waals surface area contributed by atoms with Crippen molar-refractivity contribution in [1.82, 2.24) is 4.90 Å². The molecule has 1 aliphatic heterocycles. The normalized spacial score (nSPS) is 33.2. The van der Waals surface area contributed by atoms with Gasteiger partial charge in [0.05, 0.1) is 0 Å². The lowest BCUT2D eigenvalue weighted by atomic mass is 10.0. The highest BCUT2D eigenvalue weighted by atomic mass is 15.2. The summed E-state index contributed by atoms with van der Waals surface area (Å²) < 4.78 is 0. The number of hydrogen-bond donors (Lipinski definition) is 1. The molecule has 0 spiro atoms. The van der Waals surface area contributed by atoms with Crippen LogP contribution in [0.15, 0.2) is 0 Å². The van der Waals surface area contributed by atoms with E-state index in [0.717, 1.165) is 17.9 Å². The molecule has 1 heterocycles. The van der Waals surface area contributed by atoms with Crippen LogP contribution in [-0.2, 0) is 0 Å². The van der Waals surface area contributed by atoms with Gasteiger partial charge in [-0.1, -0.05) is 12.8 Å². The molecule has 1 saturated heterocycles. The van der Waals surface area contributed by atoms with Crippen molar-refractivity contribution in [3.05, 3.63) is 0 Å². The van der Waals surface area contributed by atoms with Crippen LogP contribution in [-0.4, -0.2) is 30.1 Å². The zero-order valence-electron chi connectivity index (χ0n) is 9.58. The third-order valence-electron chi connectivity index (χ3n) is 3.99. The molecule has 2 fully saturated rings. The second-order valence-corrected chi connectivity index (χ2v) is 5.43. The number of likely N-dealkylation sites (tertiary alicyclic amines) is 1. The lowest BCUT2D eigenvalue weighted by Gasteiger charge is -2.24. The van der Waals surface area contributed by atoms with E-state index in [1.807, 2.05) is 0 Å². The van der Waals surface area contributed by atoms with Gasteiger partial charge in [-0.15, -0.1) is 0 Å². The molecule has 0 amide bonds. The Kier molecular flexibility index (Phi) is 3.13. The van der Waals surface area contributed by atoms with Gasteiger partial charge in [0.2, 0.25) is 0 Å². The number of hydrogen-bond acceptors (Lipinski definition) is 2. The standard InChI is InChI=1S/C12H24N2/c1-9(7-11-3-4-11)14-6-5-12(8-14)10(2)13/h9-12H,3-8,13H2,1-2H3. The molecular weight excluding hydrogens is 172 g/mol. The van der Waals surface area contributed by atoms with Crippen LogP contribution >= 0.6 is 0 Å². The molecule has 82 valence electrons. The van der Waals surface area contributed by atoms with Gasteiger partial charge in [0, 0.05) is 18.6 Å². The first-order valence-electron chi connectivity index (χ1n) is 6.16. The Bertz CT molecular complexity index is 187. The van der Waals surface area contributed by atoms with Crippen LogP contribution < -0.4 is 5.73 Å². The van der Waals surface area contributed by atoms with Crippen LogP contribution in [0.1, 0.15) is 39.5 Å². The van der Waals surface area contributed by atoms with Gasteiger partial charge >= 0.3 is 0 Å². The van der Waals surface area contributed by atoms with Crippen LogP contribution in [0.4, 0.5) is 0 Å². The average molecular weight is 196 g/mol. The summed E-state index contributed by atoms with van der Waals surface area (Å²) in [7, 11) is 0. The summed E-state index contributed by atoms with van der Waals surface area (Å²) in [5.41, 5.74) is 5.95. The van der Waals surface area contributed by atoms with Crippen molar-refractivity contribution < 1.29 is 0 Å². The first-order valence-corrected chi connectivity index (χ1v) is 6.16. The van der Waals surface area contributed by atoms with Crippen LogP contribution in [0.3, 0.4) is 0 Å². The quantitative estimate of drug-likeness (QED) is 0.743. The van der Waals surface area contributed by atoms with E-state index >= 15 is 0 Å². The number of nitrogens with two attached hydrogens (primary N) is 1. The molecule has 3 unspecified atom stereocenters. The number of nitrogens with zero attached hydrogens (tertiary/aromatic N) is 1. The van der Waals surface area contributed by atoms with Crippen molar-refractivity contribution >= 4 is 0 Å². The van der Waals surface area contributed by atoms with Crippen molar-refractivity contribution in [2.24, 2.45) is 17.6 Å². The molecular formula is C12H24N2. The minimum Gasteiger partial charge on any atom is -0.328 e. The van der Waals surface area contributed by atoms with Gasteiger partial charge in [0.1, 0.15) is 0 Å². The van der Waals surface area contributed by atoms with Gasteiger partial charge in [0.15, 0.2) is 0 Å². The fourth-order valence-corrected chi connectivity index (χ4v) is 2.63. The van der Waals surface area contributed by atoms with E-state index in [-0.39, 0.29) is 0 Å². The SMILES string of the molecule is CC(N)C1CCN(C(C)CC2CC2)C1. The molecule has 0 aromatic heterocycles. The van der Waals surface area contributed by atoms with Gasteiger partial charge in [-0.2, -0.15) is 0 Å². The van der Waals surface area contributed by atoms with Crippen molar-refractivity contribution in [3.8, 4) is 0 Å². The minimum atomic E-state index is 0.383. The van der Waals surface area contributed by atoms with E-state index in [9.17, 15) is 0 Å². The second-order valence-electron chi connectivity index (χ2n) is 5.43. The van der Waals surface area contributed by atoms with Crippen molar-refractivity contribution in [1.29, 1.82) is 0 Å². The molecule has 1 aliphatic carbocycles. The first kappa shape index (κ1) is 10.4. The predicted octanol–water partition coefficient (Wildman–Crippen LogP) is 1.84. The lowest BCUT2D eigenvalue weighted by Crippen LogP contribution is -2.34. The molecule has 2 nitrogen and oxygen atoms in total. The fourth-order valence-electron chi connectivity index (χ4n) is 2.63. The summed E-state index contributed by atoms with van der Waals surface area (Å²) in [6.45, 7) is 7.06. The van der Waals surface area contributed by atoms with Crippen LogP contribution in [0, 0.1) is 11.8 Å². The van der Waals surface area contributed by atoms with Gasteiger partial charge in [-0.3, -0.25) is 0 Å². The molecule has 2 heteroatoms. The third-order valence-corrected chi connectivity index (χ3v) is 3.99. The van der Waals surface area contributed by atoms with E-state index in [1.165, 1.54) is 38.8 Å². The lowest BCUT2D eigenvalue weighted by molar-refractivity contribution is 0.227. The Hall–Kier alpha value is -0.0800. The summed E-state index contributed by atoms with van der Waals surface area (Å²) in [5, 5.41) is 0. The summed E-state index contributed by atoms with van der Waals surface area (Å²) in [6, 6.07) is 1.18. The molecule has 0 radical (unpaired) electrons. The minimum absolute atomic E-state index is 0.383. The Morgan fingerprint density at radius 2 is 2.00 bits per heavy atom. The van der Waals surface area contributed by atoms with Gasteiger partial charge in [-0.25, -0.2) is 0 Å². The van der Waals surface area contributed by atoms with E-state index in [4.69, 9.17) is 5.73 Å². The molecule has 1 saturated carbocycles. The highest BCUT2D eigenvalue weighted by Gasteiger charge is 2.31. The smallest absolute Gasteiger partial charge is 0.00696 e. The average Bonchev–Trinajstić information content (AvgIpc) is 2.81. The monoisotopic (exact) mass is 196 g/mol. The molecule has 0 aromatic carbocycles. The molecule has 0 bridgehead atoms. The van der Waals surface area contributed by atoms with Crippen molar-refractivity contribution in [2.45, 2.75) is 51.6 Å². The van der Waals surface area contributed by atoms with E-state index in [2.05, 4.69) is 18.7 Å². The Labute approximate surface area is 87.8 Å². The molecule has 2 aliphatic rings. The Balaban J connectivity index is 1.75. The highest BCUT2D eigenvalue weighted by molar-refractivity contribution is 4.86. The Morgan fingerprint density at radius 1 is 1.29 bits per heavy atom. The van der Waals surface area contributed by atoms with Crippen LogP contribution in [0.5, 0.6) is 0 Å². The maximum atomic E-state index is 5.95. The van der Waals surface area contributed by atoms with Gasteiger partial charge in [-0.05, 0) is 45.1 Å². The van der Waals surface area contributed by atoms with E-state index in [1.54, 1.807) is 0 Å². The summed E-state index contributed by atoms with van der Waals surface area (Å²) >= 11 is 0. The predicted molar refractivity (Wildman–Crippen MR) is 60.1 cm³/mol. The highest BCUT2D eigenvalue weighted by Crippen LogP contribution is 2.35. The third kappa shape index (κ3) is 2.48. The van der Waals surface area contributed by atoms with Crippen LogP contribution in [0.2, 0.25) is 0 Å². The fraction of sp³-hybridized carbons (Fsp3) is 1.00. The second kappa shape index (κ2) is 4.19. The number of rotatable bonds is 4. The molecule has 14 heavy (non-hydrogen) atoms. The van der Waals surface area contributed by atoms with Crippen LogP contribution in [0.25, 0.3) is 0 Å². The largest absolute Gasteiger partial charge is 0.328 e. The van der Waals surface area contributed by atoms with Gasteiger partial charge < -0.3 is 10.6 Å². The topological polar surface area (TPSA) is 29.3 Å². The maximum absolute atomic E-state index is 5.95. The zero-order valence-corrected chi connectivity index (χ0v) is 9.58. The first-order chi connectivity index (χ1) is 6.66. The molecule has 2 N–H and O–H groups in total. The summed E-state index contributed by atoms with van der Waals surface area (Å²) in [5.74, 6) is 1.80. The van der Waals surface area contributed by atoms with Gasteiger partial charge in [0.25, 0.3) is 0 Å². The summed E-state index contributed by atoms with van der Waals surface area (Å²) in [4.78, 5) is 2.65. The molecule has 3 atom stereocenters. The summed E-state index contributed by atoms with van der Waals surface area (Å²) in [6.07, 6.45) is 5.70.